The molecule has 1 saturated carbocycles. The highest BCUT2D eigenvalue weighted by Crippen LogP contribution is 2.31. The van der Waals surface area contributed by atoms with E-state index in [2.05, 4.69) is 11.9 Å². The largest absolute Gasteiger partial charge is 0.325 e. The minimum absolute atomic E-state index is 0.135. The maximum Gasteiger partial charge on any atom is 0.0797 e. The van der Waals surface area contributed by atoms with Crippen LogP contribution in [0.2, 0.25) is 0 Å². The third-order valence-corrected chi connectivity index (χ3v) is 4.29. The van der Waals surface area contributed by atoms with Gasteiger partial charge in [0.25, 0.3) is 0 Å². The molecule has 0 saturated heterocycles. The van der Waals surface area contributed by atoms with Crippen molar-refractivity contribution in [1.29, 1.82) is 0 Å². The third-order valence-electron chi connectivity index (χ3n) is 3.29. The van der Waals surface area contributed by atoms with Crippen LogP contribution in [-0.4, -0.2) is 10.5 Å². The summed E-state index contributed by atoms with van der Waals surface area (Å²) in [7, 11) is 0. The van der Waals surface area contributed by atoms with E-state index in [1.807, 2.05) is 5.51 Å². The molecule has 0 aromatic carbocycles. The molecule has 14 heavy (non-hydrogen) atoms. The maximum atomic E-state index is 6.31. The van der Waals surface area contributed by atoms with Crippen LogP contribution < -0.4 is 5.73 Å². The number of nitrogens with two attached hydrogens (primary N) is 1. The molecule has 0 unspecified atom stereocenters. The molecular weight excluding hydrogens is 192 g/mol. The monoisotopic (exact) mass is 210 g/mol. The van der Waals surface area contributed by atoms with Crippen molar-refractivity contribution in [2.24, 2.45) is 5.73 Å². The van der Waals surface area contributed by atoms with E-state index in [9.17, 15) is 0 Å². The fourth-order valence-corrected chi connectivity index (χ4v) is 3.04. The number of hydrogen-bond acceptors (Lipinski definition) is 3. The molecule has 1 heterocycles. The van der Waals surface area contributed by atoms with Crippen LogP contribution in [0.4, 0.5) is 0 Å². The SMILES string of the molecule is Cc1ncsc1CCC1(N)CCCC1. The molecular formula is C11H18N2S. The number of thiazole rings is 1. The van der Waals surface area contributed by atoms with Gasteiger partial charge in [0.05, 0.1) is 11.2 Å². The second-order valence-electron chi connectivity index (χ2n) is 4.43. The first kappa shape index (κ1) is 10.1. The molecule has 1 aromatic rings. The fraction of sp³-hybridized carbons (Fsp3) is 0.727. The molecule has 2 nitrogen and oxygen atoms in total. The molecule has 2 N–H and O–H groups in total. The van der Waals surface area contributed by atoms with Crippen LogP contribution in [-0.2, 0) is 6.42 Å². The second kappa shape index (κ2) is 3.99. The van der Waals surface area contributed by atoms with Gasteiger partial charge in [-0.3, -0.25) is 0 Å². The minimum Gasteiger partial charge on any atom is -0.325 e. The van der Waals surface area contributed by atoms with Crippen molar-refractivity contribution in [3.8, 4) is 0 Å². The van der Waals surface area contributed by atoms with Crippen molar-refractivity contribution >= 4 is 11.3 Å². The standard InChI is InChI=1S/C11H18N2S/c1-9-10(14-8-13-9)4-7-11(12)5-2-3-6-11/h8H,2-7,12H2,1H3. The Bertz CT molecular complexity index is 300. The molecule has 1 aliphatic rings. The van der Waals surface area contributed by atoms with Gasteiger partial charge in [-0.2, -0.15) is 0 Å². The third kappa shape index (κ3) is 2.15. The van der Waals surface area contributed by atoms with Gasteiger partial charge >= 0.3 is 0 Å². The Balaban J connectivity index is 1.91. The van der Waals surface area contributed by atoms with E-state index in [0.717, 1.165) is 12.8 Å². The van der Waals surface area contributed by atoms with Gasteiger partial charge in [-0.15, -0.1) is 11.3 Å². The van der Waals surface area contributed by atoms with Crippen molar-refractivity contribution in [3.63, 3.8) is 0 Å². The molecule has 1 aromatic heterocycles. The van der Waals surface area contributed by atoms with E-state index >= 15 is 0 Å². The Morgan fingerprint density at radius 3 is 2.79 bits per heavy atom. The lowest BCUT2D eigenvalue weighted by Crippen LogP contribution is -2.36. The molecule has 0 spiro atoms. The highest BCUT2D eigenvalue weighted by atomic mass is 32.1. The lowest BCUT2D eigenvalue weighted by atomic mass is 9.92. The van der Waals surface area contributed by atoms with Gasteiger partial charge in [-0.25, -0.2) is 4.98 Å². The zero-order valence-electron chi connectivity index (χ0n) is 8.75. The average molecular weight is 210 g/mol. The van der Waals surface area contributed by atoms with E-state index in [-0.39, 0.29) is 5.54 Å². The summed E-state index contributed by atoms with van der Waals surface area (Å²) < 4.78 is 0. The number of rotatable bonds is 3. The summed E-state index contributed by atoms with van der Waals surface area (Å²) in [6, 6.07) is 0. The minimum atomic E-state index is 0.135. The molecule has 0 atom stereocenters. The maximum absolute atomic E-state index is 6.31. The Kier molecular flexibility index (Phi) is 2.88. The molecule has 0 aliphatic heterocycles. The quantitative estimate of drug-likeness (QED) is 0.833. The molecule has 2 rings (SSSR count). The molecule has 0 bridgehead atoms. The molecule has 78 valence electrons. The van der Waals surface area contributed by atoms with Crippen LogP contribution in [0.1, 0.15) is 42.7 Å². The number of aromatic nitrogens is 1. The lowest BCUT2D eigenvalue weighted by Gasteiger charge is -2.22. The predicted molar refractivity (Wildman–Crippen MR) is 60.6 cm³/mol. The number of nitrogens with zero attached hydrogens (tertiary/aromatic N) is 1. The highest BCUT2D eigenvalue weighted by molar-refractivity contribution is 7.09. The molecule has 1 fully saturated rings. The summed E-state index contributed by atoms with van der Waals surface area (Å²) in [5, 5.41) is 0. The summed E-state index contributed by atoms with van der Waals surface area (Å²) >= 11 is 1.76. The summed E-state index contributed by atoms with van der Waals surface area (Å²) in [6.45, 7) is 2.09. The van der Waals surface area contributed by atoms with E-state index in [1.54, 1.807) is 11.3 Å². The van der Waals surface area contributed by atoms with Crippen molar-refractivity contribution in [2.75, 3.05) is 0 Å². The van der Waals surface area contributed by atoms with Gasteiger partial charge in [0, 0.05) is 10.4 Å². The van der Waals surface area contributed by atoms with Gasteiger partial charge in [-0.1, -0.05) is 12.8 Å². The first-order valence-electron chi connectivity index (χ1n) is 5.37. The molecule has 1 aliphatic carbocycles. The Labute approximate surface area is 89.5 Å². The van der Waals surface area contributed by atoms with Gasteiger partial charge in [0.15, 0.2) is 0 Å². The summed E-state index contributed by atoms with van der Waals surface area (Å²) in [5.74, 6) is 0. The van der Waals surface area contributed by atoms with Crippen LogP contribution in [0, 0.1) is 6.92 Å². The van der Waals surface area contributed by atoms with Gasteiger partial charge in [0.2, 0.25) is 0 Å². The molecule has 3 heteroatoms. The normalized spacial score (nSPS) is 20.1. The number of hydrogen-bond donors (Lipinski definition) is 1. The predicted octanol–water partition coefficient (Wildman–Crippen LogP) is 2.66. The second-order valence-corrected chi connectivity index (χ2v) is 5.37. The van der Waals surface area contributed by atoms with Gasteiger partial charge in [-0.05, 0) is 32.6 Å². The van der Waals surface area contributed by atoms with Crippen LogP contribution in [0.25, 0.3) is 0 Å². The van der Waals surface area contributed by atoms with Crippen molar-refractivity contribution < 1.29 is 0 Å². The topological polar surface area (TPSA) is 38.9 Å². The number of aryl methyl sites for hydroxylation is 2. The Hall–Kier alpha value is -0.410. The average Bonchev–Trinajstić information content (AvgIpc) is 2.73. The van der Waals surface area contributed by atoms with Gasteiger partial charge in [0.1, 0.15) is 0 Å². The summed E-state index contributed by atoms with van der Waals surface area (Å²) in [4.78, 5) is 5.68. The molecule has 0 radical (unpaired) electrons. The Morgan fingerprint density at radius 2 is 2.21 bits per heavy atom. The van der Waals surface area contributed by atoms with Crippen molar-refractivity contribution in [2.45, 2.75) is 51.0 Å². The van der Waals surface area contributed by atoms with Crippen molar-refractivity contribution in [1.82, 2.24) is 4.98 Å². The van der Waals surface area contributed by atoms with Crippen LogP contribution in [0.3, 0.4) is 0 Å². The van der Waals surface area contributed by atoms with Crippen LogP contribution >= 0.6 is 11.3 Å². The summed E-state index contributed by atoms with van der Waals surface area (Å²) in [6.07, 6.45) is 7.31. The highest BCUT2D eigenvalue weighted by Gasteiger charge is 2.28. The van der Waals surface area contributed by atoms with Crippen LogP contribution in [0.5, 0.6) is 0 Å². The smallest absolute Gasteiger partial charge is 0.0797 e. The first-order chi connectivity index (χ1) is 6.70. The first-order valence-corrected chi connectivity index (χ1v) is 6.25. The summed E-state index contributed by atoms with van der Waals surface area (Å²) in [5.41, 5.74) is 9.57. The van der Waals surface area contributed by atoms with Gasteiger partial charge < -0.3 is 5.73 Å². The van der Waals surface area contributed by atoms with Crippen molar-refractivity contribution in [3.05, 3.63) is 16.1 Å². The van der Waals surface area contributed by atoms with E-state index in [1.165, 1.54) is 36.3 Å². The molecule has 0 amide bonds. The lowest BCUT2D eigenvalue weighted by molar-refractivity contribution is 0.407. The van der Waals surface area contributed by atoms with E-state index in [4.69, 9.17) is 5.73 Å². The fourth-order valence-electron chi connectivity index (χ4n) is 2.26. The zero-order chi connectivity index (χ0) is 10.0. The van der Waals surface area contributed by atoms with E-state index in [0.29, 0.717) is 0 Å². The zero-order valence-corrected chi connectivity index (χ0v) is 9.57. The van der Waals surface area contributed by atoms with Crippen LogP contribution in [0.15, 0.2) is 5.51 Å². The van der Waals surface area contributed by atoms with E-state index < -0.39 is 0 Å². The Morgan fingerprint density at radius 1 is 1.50 bits per heavy atom.